The van der Waals surface area contributed by atoms with Crippen LogP contribution in [0.3, 0.4) is 0 Å². The van der Waals surface area contributed by atoms with Crippen LogP contribution in [0.25, 0.3) is 21.3 Å². The lowest BCUT2D eigenvalue weighted by Gasteiger charge is -2.08. The van der Waals surface area contributed by atoms with Gasteiger partial charge in [-0.05, 0) is 23.9 Å². The Balaban J connectivity index is 2.07. The Bertz CT molecular complexity index is 792. The molecule has 1 N–H and O–H groups in total. The number of pyridine rings is 1. The van der Waals surface area contributed by atoms with E-state index in [0.29, 0.717) is 17.7 Å². The third kappa shape index (κ3) is 2.57. The van der Waals surface area contributed by atoms with Gasteiger partial charge in [0.25, 0.3) is 0 Å². The van der Waals surface area contributed by atoms with Crippen LogP contribution in [0.4, 0.5) is 0 Å². The van der Waals surface area contributed by atoms with E-state index in [9.17, 15) is 9.90 Å². The zero-order valence-electron chi connectivity index (χ0n) is 12.0. The number of carbonyl (C=O) groups is 1. The number of hydrogen-bond acceptors (Lipinski definition) is 6. The number of fused-ring (bicyclic) bond motifs is 1. The van der Waals surface area contributed by atoms with E-state index in [1.54, 1.807) is 24.7 Å². The van der Waals surface area contributed by atoms with Crippen molar-refractivity contribution < 1.29 is 19.1 Å². The first kappa shape index (κ1) is 14.6. The highest BCUT2D eigenvalue weighted by molar-refractivity contribution is 7.17. The van der Waals surface area contributed by atoms with Gasteiger partial charge in [-0.1, -0.05) is 13.3 Å². The SMILES string of the molecule is CCCCOC(=O)c1nc(-c2ccoc2)c2sccc2c1O. The van der Waals surface area contributed by atoms with Gasteiger partial charge in [-0.2, -0.15) is 0 Å². The number of ether oxygens (including phenoxy) is 1. The third-order valence-corrected chi connectivity index (χ3v) is 4.22. The van der Waals surface area contributed by atoms with Crippen molar-refractivity contribution in [2.75, 3.05) is 6.61 Å². The quantitative estimate of drug-likeness (QED) is 0.563. The smallest absolute Gasteiger partial charge is 0.360 e. The number of furan rings is 1. The molecule has 0 aliphatic carbocycles. The number of unbranched alkanes of at least 4 members (excludes halogenated alkanes) is 1. The molecule has 0 aliphatic heterocycles. The van der Waals surface area contributed by atoms with E-state index in [4.69, 9.17) is 9.15 Å². The normalized spacial score (nSPS) is 11.0. The van der Waals surface area contributed by atoms with Crippen molar-refractivity contribution in [3.8, 4) is 17.0 Å². The number of hydrogen-bond donors (Lipinski definition) is 1. The number of rotatable bonds is 5. The number of carbonyl (C=O) groups excluding carboxylic acids is 1. The molecule has 0 aliphatic rings. The van der Waals surface area contributed by atoms with Crippen LogP contribution < -0.4 is 0 Å². The fourth-order valence-corrected chi connectivity index (χ4v) is 3.04. The molecule has 0 saturated carbocycles. The molecule has 6 heteroatoms. The predicted molar refractivity (Wildman–Crippen MR) is 84.2 cm³/mol. The molecule has 0 unspecified atom stereocenters. The molecule has 5 nitrogen and oxygen atoms in total. The van der Waals surface area contributed by atoms with Gasteiger partial charge in [0, 0.05) is 10.9 Å². The Morgan fingerprint density at radius 3 is 3.05 bits per heavy atom. The molecule has 0 atom stereocenters. The molecule has 3 rings (SSSR count). The van der Waals surface area contributed by atoms with Crippen LogP contribution in [-0.4, -0.2) is 22.7 Å². The lowest BCUT2D eigenvalue weighted by Crippen LogP contribution is -2.09. The van der Waals surface area contributed by atoms with Crippen molar-refractivity contribution in [2.45, 2.75) is 19.8 Å². The second-order valence-electron chi connectivity index (χ2n) is 4.82. The summed E-state index contributed by atoms with van der Waals surface area (Å²) in [7, 11) is 0. The van der Waals surface area contributed by atoms with Crippen LogP contribution in [0.5, 0.6) is 5.75 Å². The summed E-state index contributed by atoms with van der Waals surface area (Å²) in [6, 6.07) is 3.54. The molecule has 3 aromatic heterocycles. The molecular formula is C16H15NO4S. The summed E-state index contributed by atoms with van der Waals surface area (Å²) in [5.74, 6) is -0.742. The highest BCUT2D eigenvalue weighted by Gasteiger charge is 2.22. The van der Waals surface area contributed by atoms with Gasteiger partial charge in [-0.25, -0.2) is 9.78 Å². The van der Waals surface area contributed by atoms with Crippen LogP contribution in [0, 0.1) is 0 Å². The van der Waals surface area contributed by atoms with Gasteiger partial charge in [0.2, 0.25) is 0 Å². The lowest BCUT2D eigenvalue weighted by molar-refractivity contribution is 0.0490. The maximum absolute atomic E-state index is 12.2. The summed E-state index contributed by atoms with van der Waals surface area (Å²) < 4.78 is 11.1. The largest absolute Gasteiger partial charge is 0.505 e. The monoisotopic (exact) mass is 317 g/mol. The van der Waals surface area contributed by atoms with Gasteiger partial charge in [-0.3, -0.25) is 0 Å². The molecule has 0 fully saturated rings. The van der Waals surface area contributed by atoms with E-state index >= 15 is 0 Å². The highest BCUT2D eigenvalue weighted by Crippen LogP contribution is 2.38. The maximum Gasteiger partial charge on any atom is 0.360 e. The van der Waals surface area contributed by atoms with Crippen molar-refractivity contribution in [1.82, 2.24) is 4.98 Å². The van der Waals surface area contributed by atoms with Crippen molar-refractivity contribution in [3.63, 3.8) is 0 Å². The lowest BCUT2D eigenvalue weighted by atomic mass is 10.1. The van der Waals surface area contributed by atoms with Gasteiger partial charge >= 0.3 is 5.97 Å². The second kappa shape index (κ2) is 6.19. The topological polar surface area (TPSA) is 72.6 Å². The standard InChI is InChI=1S/C16H15NO4S/c1-2-3-6-21-16(19)13-14(18)11-5-8-22-15(11)12(17-13)10-4-7-20-9-10/h4-5,7-9,18H,2-3,6H2,1H3. The van der Waals surface area contributed by atoms with E-state index in [1.807, 2.05) is 12.3 Å². The average Bonchev–Trinajstić information content (AvgIpc) is 3.19. The number of nitrogens with zero attached hydrogens (tertiary/aromatic N) is 1. The average molecular weight is 317 g/mol. The summed E-state index contributed by atoms with van der Waals surface area (Å²) in [4.78, 5) is 16.5. The summed E-state index contributed by atoms with van der Waals surface area (Å²) >= 11 is 1.45. The number of aromatic hydroxyl groups is 1. The summed E-state index contributed by atoms with van der Waals surface area (Å²) in [5, 5.41) is 12.8. The van der Waals surface area contributed by atoms with E-state index in [2.05, 4.69) is 4.98 Å². The van der Waals surface area contributed by atoms with Gasteiger partial charge in [0.1, 0.15) is 0 Å². The number of thiophene rings is 1. The minimum atomic E-state index is -0.608. The van der Waals surface area contributed by atoms with Gasteiger partial charge < -0.3 is 14.3 Å². The first-order valence-electron chi connectivity index (χ1n) is 7.02. The number of aromatic nitrogens is 1. The van der Waals surface area contributed by atoms with Crippen LogP contribution >= 0.6 is 11.3 Å². The Morgan fingerprint density at radius 1 is 1.45 bits per heavy atom. The minimum Gasteiger partial charge on any atom is -0.505 e. The molecule has 0 aromatic carbocycles. The Morgan fingerprint density at radius 2 is 2.32 bits per heavy atom. The summed E-state index contributed by atoms with van der Waals surface area (Å²) in [6.07, 6.45) is 4.81. The zero-order valence-corrected chi connectivity index (χ0v) is 12.9. The second-order valence-corrected chi connectivity index (χ2v) is 5.74. The maximum atomic E-state index is 12.2. The first-order chi connectivity index (χ1) is 10.7. The van der Waals surface area contributed by atoms with Crippen molar-refractivity contribution in [1.29, 1.82) is 0 Å². The molecule has 0 bridgehead atoms. The fourth-order valence-electron chi connectivity index (χ4n) is 2.14. The number of esters is 1. The molecule has 0 amide bonds. The molecule has 3 heterocycles. The molecule has 0 saturated heterocycles. The van der Waals surface area contributed by atoms with Gasteiger partial charge in [-0.15, -0.1) is 11.3 Å². The molecule has 114 valence electrons. The molecule has 3 aromatic rings. The van der Waals surface area contributed by atoms with Crippen LogP contribution in [0.1, 0.15) is 30.3 Å². The summed E-state index contributed by atoms with van der Waals surface area (Å²) in [5.41, 5.74) is 1.31. The fraction of sp³-hybridized carbons (Fsp3) is 0.250. The Hall–Kier alpha value is -2.34. The van der Waals surface area contributed by atoms with E-state index in [0.717, 1.165) is 23.1 Å². The van der Waals surface area contributed by atoms with Crippen molar-refractivity contribution in [3.05, 3.63) is 35.7 Å². The van der Waals surface area contributed by atoms with Crippen molar-refractivity contribution in [2.24, 2.45) is 0 Å². The van der Waals surface area contributed by atoms with Gasteiger partial charge in [0.15, 0.2) is 11.4 Å². The molecule has 0 radical (unpaired) electrons. The van der Waals surface area contributed by atoms with Gasteiger partial charge in [0.05, 0.1) is 29.5 Å². The molecule has 22 heavy (non-hydrogen) atoms. The van der Waals surface area contributed by atoms with E-state index in [1.165, 1.54) is 11.3 Å². The zero-order chi connectivity index (χ0) is 15.5. The first-order valence-corrected chi connectivity index (χ1v) is 7.90. The molecule has 0 spiro atoms. The van der Waals surface area contributed by atoms with Crippen molar-refractivity contribution >= 4 is 27.4 Å². The van der Waals surface area contributed by atoms with E-state index in [-0.39, 0.29) is 11.4 Å². The predicted octanol–water partition coefficient (Wildman–Crippen LogP) is 4.22. The Labute approximate surface area is 131 Å². The minimum absolute atomic E-state index is 0.0572. The van der Waals surface area contributed by atoms with Crippen LogP contribution in [0.15, 0.2) is 34.5 Å². The highest BCUT2D eigenvalue weighted by atomic mass is 32.1. The molecular weight excluding hydrogens is 302 g/mol. The van der Waals surface area contributed by atoms with E-state index < -0.39 is 5.97 Å². The van der Waals surface area contributed by atoms with Crippen LogP contribution in [0.2, 0.25) is 0 Å². The summed E-state index contributed by atoms with van der Waals surface area (Å²) in [6.45, 7) is 2.33. The van der Waals surface area contributed by atoms with Crippen LogP contribution in [-0.2, 0) is 4.74 Å². The Kier molecular flexibility index (Phi) is 4.11. The third-order valence-electron chi connectivity index (χ3n) is 3.30.